The SMILES string of the molecule is CC(C)(O)CN1CCC(=O)CC1. The van der Waals surface area contributed by atoms with Gasteiger partial charge in [0.25, 0.3) is 0 Å². The van der Waals surface area contributed by atoms with Gasteiger partial charge in [0.15, 0.2) is 0 Å². The van der Waals surface area contributed by atoms with Gasteiger partial charge in [0.05, 0.1) is 5.60 Å². The minimum absolute atomic E-state index is 0.349. The zero-order valence-electron chi connectivity index (χ0n) is 7.84. The van der Waals surface area contributed by atoms with E-state index in [1.54, 1.807) is 13.8 Å². The van der Waals surface area contributed by atoms with E-state index < -0.39 is 5.60 Å². The maximum absolute atomic E-state index is 10.9. The number of carbonyl (C=O) groups is 1. The molecule has 1 aliphatic rings. The number of carbonyl (C=O) groups excluding carboxylic acids is 1. The molecule has 1 saturated heterocycles. The van der Waals surface area contributed by atoms with Crippen molar-refractivity contribution >= 4 is 5.78 Å². The molecule has 0 unspecified atom stereocenters. The molecule has 0 bridgehead atoms. The summed E-state index contributed by atoms with van der Waals surface area (Å²) < 4.78 is 0. The van der Waals surface area contributed by atoms with Gasteiger partial charge in [-0.05, 0) is 13.8 Å². The molecule has 0 aromatic carbocycles. The molecule has 3 nitrogen and oxygen atoms in total. The molecular weight excluding hydrogens is 154 g/mol. The molecule has 0 spiro atoms. The summed E-state index contributed by atoms with van der Waals surface area (Å²) in [6.07, 6.45) is 1.30. The Kier molecular flexibility index (Phi) is 2.85. The highest BCUT2D eigenvalue weighted by atomic mass is 16.3. The van der Waals surface area contributed by atoms with Gasteiger partial charge in [0.2, 0.25) is 0 Å². The van der Waals surface area contributed by atoms with Crippen molar-refractivity contribution in [2.75, 3.05) is 19.6 Å². The van der Waals surface area contributed by atoms with Crippen molar-refractivity contribution in [1.82, 2.24) is 4.90 Å². The summed E-state index contributed by atoms with van der Waals surface area (Å²) in [7, 11) is 0. The first kappa shape index (κ1) is 9.68. The van der Waals surface area contributed by atoms with Gasteiger partial charge in [-0.3, -0.25) is 9.69 Å². The summed E-state index contributed by atoms with van der Waals surface area (Å²) in [5.41, 5.74) is -0.639. The molecule has 3 heteroatoms. The molecule has 1 fully saturated rings. The smallest absolute Gasteiger partial charge is 0.135 e. The Bertz CT molecular complexity index is 162. The molecule has 0 saturated carbocycles. The molecule has 0 atom stereocenters. The van der Waals surface area contributed by atoms with Crippen LogP contribution in [-0.2, 0) is 4.79 Å². The quantitative estimate of drug-likeness (QED) is 0.654. The van der Waals surface area contributed by atoms with Crippen LogP contribution in [0.2, 0.25) is 0 Å². The minimum atomic E-state index is -0.639. The molecule has 0 aromatic rings. The van der Waals surface area contributed by atoms with Crippen LogP contribution in [0.25, 0.3) is 0 Å². The number of nitrogens with zero attached hydrogens (tertiary/aromatic N) is 1. The predicted molar refractivity (Wildman–Crippen MR) is 47.0 cm³/mol. The highest BCUT2D eigenvalue weighted by Crippen LogP contribution is 2.10. The second-order valence-corrected chi connectivity index (χ2v) is 4.13. The largest absolute Gasteiger partial charge is 0.389 e. The van der Waals surface area contributed by atoms with Gasteiger partial charge in [-0.1, -0.05) is 0 Å². The van der Waals surface area contributed by atoms with Crippen LogP contribution in [0.1, 0.15) is 26.7 Å². The molecule has 70 valence electrons. The van der Waals surface area contributed by atoms with Crippen molar-refractivity contribution in [2.24, 2.45) is 0 Å². The Morgan fingerprint density at radius 3 is 2.33 bits per heavy atom. The summed E-state index contributed by atoms with van der Waals surface area (Å²) >= 11 is 0. The first-order chi connectivity index (χ1) is 5.47. The van der Waals surface area contributed by atoms with E-state index in [9.17, 15) is 9.90 Å². The van der Waals surface area contributed by atoms with Crippen LogP contribution in [0, 0.1) is 0 Å². The average Bonchev–Trinajstić information content (AvgIpc) is 1.91. The van der Waals surface area contributed by atoms with Crippen LogP contribution in [0.3, 0.4) is 0 Å². The molecule has 1 aliphatic heterocycles. The van der Waals surface area contributed by atoms with Crippen molar-refractivity contribution in [2.45, 2.75) is 32.3 Å². The summed E-state index contributed by atoms with van der Waals surface area (Å²) in [5.74, 6) is 0.349. The molecule has 12 heavy (non-hydrogen) atoms. The van der Waals surface area contributed by atoms with Crippen molar-refractivity contribution in [3.63, 3.8) is 0 Å². The number of rotatable bonds is 2. The Hall–Kier alpha value is -0.410. The fourth-order valence-corrected chi connectivity index (χ4v) is 1.51. The lowest BCUT2D eigenvalue weighted by atomic mass is 10.1. The van der Waals surface area contributed by atoms with Crippen molar-refractivity contribution in [3.8, 4) is 0 Å². The third-order valence-electron chi connectivity index (χ3n) is 2.02. The molecule has 1 N–H and O–H groups in total. The molecule has 1 rings (SSSR count). The normalized spacial score (nSPS) is 21.4. The Morgan fingerprint density at radius 1 is 1.42 bits per heavy atom. The van der Waals surface area contributed by atoms with E-state index in [2.05, 4.69) is 4.90 Å². The standard InChI is InChI=1S/C9H17NO2/c1-9(2,12)7-10-5-3-8(11)4-6-10/h12H,3-7H2,1-2H3. The van der Waals surface area contributed by atoms with Gasteiger partial charge in [-0.15, -0.1) is 0 Å². The third kappa shape index (κ3) is 3.32. The highest BCUT2D eigenvalue weighted by molar-refractivity contribution is 5.79. The lowest BCUT2D eigenvalue weighted by Crippen LogP contribution is -2.43. The highest BCUT2D eigenvalue weighted by Gasteiger charge is 2.22. The monoisotopic (exact) mass is 171 g/mol. The Labute approximate surface area is 73.4 Å². The molecule has 0 radical (unpaired) electrons. The van der Waals surface area contributed by atoms with E-state index in [0.29, 0.717) is 25.2 Å². The maximum Gasteiger partial charge on any atom is 0.135 e. The van der Waals surface area contributed by atoms with Crippen LogP contribution in [0.4, 0.5) is 0 Å². The lowest BCUT2D eigenvalue weighted by Gasteiger charge is -2.31. The van der Waals surface area contributed by atoms with Gasteiger partial charge in [-0.2, -0.15) is 0 Å². The van der Waals surface area contributed by atoms with E-state index >= 15 is 0 Å². The van der Waals surface area contributed by atoms with E-state index in [4.69, 9.17) is 0 Å². The molecule has 0 aliphatic carbocycles. The summed E-state index contributed by atoms with van der Waals surface area (Å²) in [5, 5.41) is 9.51. The molecule has 0 aromatic heterocycles. The number of β-amino-alcohol motifs (C(OH)–C–C–N with tert-alkyl or cyclic N) is 1. The van der Waals surface area contributed by atoms with E-state index in [-0.39, 0.29) is 0 Å². The number of aliphatic hydroxyl groups is 1. The first-order valence-corrected chi connectivity index (χ1v) is 4.44. The maximum atomic E-state index is 10.9. The lowest BCUT2D eigenvalue weighted by molar-refractivity contribution is -0.122. The van der Waals surface area contributed by atoms with Crippen molar-refractivity contribution in [1.29, 1.82) is 0 Å². The third-order valence-corrected chi connectivity index (χ3v) is 2.02. The van der Waals surface area contributed by atoms with Gasteiger partial charge in [0.1, 0.15) is 5.78 Å². The second-order valence-electron chi connectivity index (χ2n) is 4.13. The minimum Gasteiger partial charge on any atom is -0.389 e. The number of hydrogen-bond acceptors (Lipinski definition) is 3. The van der Waals surface area contributed by atoms with Gasteiger partial charge >= 0.3 is 0 Å². The fourth-order valence-electron chi connectivity index (χ4n) is 1.51. The van der Waals surface area contributed by atoms with E-state index in [1.165, 1.54) is 0 Å². The Morgan fingerprint density at radius 2 is 1.92 bits per heavy atom. The topological polar surface area (TPSA) is 40.5 Å². The van der Waals surface area contributed by atoms with E-state index in [1.807, 2.05) is 0 Å². The van der Waals surface area contributed by atoms with Crippen LogP contribution in [0.15, 0.2) is 0 Å². The van der Waals surface area contributed by atoms with Crippen LogP contribution in [-0.4, -0.2) is 41.0 Å². The number of piperidine rings is 1. The fraction of sp³-hybridized carbons (Fsp3) is 0.889. The first-order valence-electron chi connectivity index (χ1n) is 4.44. The van der Waals surface area contributed by atoms with Crippen molar-refractivity contribution < 1.29 is 9.90 Å². The van der Waals surface area contributed by atoms with Crippen LogP contribution < -0.4 is 0 Å². The number of Topliss-reactive ketones (excluding diaryl/α,β-unsaturated/α-hetero) is 1. The predicted octanol–water partition coefficient (Wildman–Crippen LogP) is 0.422. The van der Waals surface area contributed by atoms with Gasteiger partial charge < -0.3 is 5.11 Å². The summed E-state index contributed by atoms with van der Waals surface area (Å²) in [6.45, 7) is 5.87. The molecular formula is C9H17NO2. The average molecular weight is 171 g/mol. The Balaban J connectivity index is 2.31. The number of ketones is 1. The zero-order valence-corrected chi connectivity index (χ0v) is 7.84. The van der Waals surface area contributed by atoms with Gasteiger partial charge in [0, 0.05) is 32.5 Å². The van der Waals surface area contributed by atoms with Gasteiger partial charge in [-0.25, -0.2) is 0 Å². The zero-order chi connectivity index (χ0) is 9.19. The van der Waals surface area contributed by atoms with Crippen molar-refractivity contribution in [3.05, 3.63) is 0 Å². The summed E-state index contributed by atoms with van der Waals surface area (Å²) in [4.78, 5) is 13.0. The van der Waals surface area contributed by atoms with E-state index in [0.717, 1.165) is 13.1 Å². The van der Waals surface area contributed by atoms with Crippen LogP contribution in [0.5, 0.6) is 0 Å². The molecule has 0 amide bonds. The number of likely N-dealkylation sites (tertiary alicyclic amines) is 1. The number of hydrogen-bond donors (Lipinski definition) is 1. The summed E-state index contributed by atoms with van der Waals surface area (Å²) in [6, 6.07) is 0. The molecule has 1 heterocycles. The van der Waals surface area contributed by atoms with Crippen LogP contribution >= 0.6 is 0 Å². The second kappa shape index (κ2) is 3.54.